The normalized spacial score (nSPS) is 19.9. The van der Waals surface area contributed by atoms with Crippen molar-refractivity contribution in [3.05, 3.63) is 0 Å². The smallest absolute Gasteiger partial charge is 0.231 e. The van der Waals surface area contributed by atoms with Crippen LogP contribution < -0.4 is 10.2 Å². The van der Waals surface area contributed by atoms with E-state index in [-0.39, 0.29) is 17.8 Å². The van der Waals surface area contributed by atoms with Crippen molar-refractivity contribution in [1.29, 1.82) is 0 Å². The summed E-state index contributed by atoms with van der Waals surface area (Å²) < 4.78 is 8.00. The lowest BCUT2D eigenvalue weighted by molar-refractivity contribution is -0.119. The van der Waals surface area contributed by atoms with E-state index in [1.165, 1.54) is 31.0 Å². The van der Waals surface area contributed by atoms with Crippen LogP contribution in [0.25, 0.3) is 0 Å². The highest BCUT2D eigenvalue weighted by Crippen LogP contribution is 2.27. The molecule has 29 heavy (non-hydrogen) atoms. The van der Waals surface area contributed by atoms with Crippen molar-refractivity contribution in [1.82, 2.24) is 20.1 Å². The van der Waals surface area contributed by atoms with Gasteiger partial charge in [0.2, 0.25) is 11.9 Å². The molecule has 0 bridgehead atoms. The van der Waals surface area contributed by atoms with Gasteiger partial charge >= 0.3 is 0 Å². The lowest BCUT2D eigenvalue weighted by Gasteiger charge is -2.28. The monoisotopic (exact) mass is 419 g/mol. The molecule has 2 saturated heterocycles. The molecule has 8 heteroatoms. The Balaban J connectivity index is 1.69. The van der Waals surface area contributed by atoms with Gasteiger partial charge in [-0.2, -0.15) is 0 Å². The molecule has 0 aromatic carbocycles. The minimum atomic E-state index is -0.567. The third-order valence-electron chi connectivity index (χ3n) is 5.94. The van der Waals surface area contributed by atoms with Crippen molar-refractivity contribution in [2.45, 2.75) is 82.1 Å². The summed E-state index contributed by atoms with van der Waals surface area (Å²) in [6, 6.07) is 0. The van der Waals surface area contributed by atoms with Gasteiger partial charge < -0.3 is 15.0 Å². The molecule has 2 aliphatic rings. The minimum Gasteiger partial charge on any atom is -0.376 e. The van der Waals surface area contributed by atoms with E-state index in [1.54, 1.807) is 0 Å². The highest BCUT2D eigenvalue weighted by molar-refractivity contribution is 7.99. The molecule has 3 rings (SSSR count). The maximum atomic E-state index is 12.6. The van der Waals surface area contributed by atoms with Gasteiger partial charge in [-0.05, 0) is 44.9 Å². The molecule has 1 aromatic rings. The number of nitrogens with one attached hydrogen (secondary N) is 1. The van der Waals surface area contributed by atoms with Gasteiger partial charge in [-0.3, -0.25) is 9.36 Å². The molecule has 0 spiro atoms. The zero-order chi connectivity index (χ0) is 20.7. The standard InChI is InChI=1S/C21H33N5O2S/c1-4-21(5-2,6-3)22-18(27)16-29-20-24-23-19(25-12-8-7-9-13-25)26(20)15-17-11-10-14-28-17/h1,17H,5-16H2,2-3H3,(H,22,27)/t17-/m0/s1. The van der Waals surface area contributed by atoms with Gasteiger partial charge in [0, 0.05) is 19.7 Å². The molecule has 0 unspecified atom stereocenters. The van der Waals surface area contributed by atoms with Crippen LogP contribution in [-0.4, -0.2) is 57.8 Å². The first-order valence-electron chi connectivity index (χ1n) is 10.8. The molecule has 2 fully saturated rings. The quantitative estimate of drug-likeness (QED) is 0.490. The lowest BCUT2D eigenvalue weighted by Crippen LogP contribution is -2.47. The van der Waals surface area contributed by atoms with Crippen molar-refractivity contribution in [2.75, 3.05) is 30.3 Å². The summed E-state index contributed by atoms with van der Waals surface area (Å²) in [6.07, 6.45) is 13.1. The summed E-state index contributed by atoms with van der Waals surface area (Å²) in [5.41, 5.74) is -0.567. The molecule has 1 atom stereocenters. The van der Waals surface area contributed by atoms with Crippen molar-refractivity contribution >= 4 is 23.6 Å². The average molecular weight is 420 g/mol. The van der Waals surface area contributed by atoms with Gasteiger partial charge in [0.15, 0.2) is 5.16 Å². The number of carbonyl (C=O) groups excluding carboxylic acids is 1. The van der Waals surface area contributed by atoms with Crippen LogP contribution in [0.15, 0.2) is 5.16 Å². The average Bonchev–Trinajstić information content (AvgIpc) is 3.42. The zero-order valence-electron chi connectivity index (χ0n) is 17.7. The van der Waals surface area contributed by atoms with Crippen LogP contribution in [0, 0.1) is 12.3 Å². The number of nitrogens with zero attached hydrogens (tertiary/aromatic N) is 4. The van der Waals surface area contributed by atoms with Crippen LogP contribution in [0.5, 0.6) is 0 Å². The second-order valence-electron chi connectivity index (χ2n) is 7.85. The van der Waals surface area contributed by atoms with Crippen LogP contribution in [-0.2, 0) is 16.1 Å². The van der Waals surface area contributed by atoms with Crippen LogP contribution in [0.3, 0.4) is 0 Å². The largest absolute Gasteiger partial charge is 0.376 e. The molecule has 1 N–H and O–H groups in total. The number of piperidine rings is 1. The maximum Gasteiger partial charge on any atom is 0.231 e. The van der Waals surface area contributed by atoms with Crippen LogP contribution in [0.2, 0.25) is 0 Å². The third kappa shape index (κ3) is 5.46. The first-order chi connectivity index (χ1) is 14.1. The predicted molar refractivity (Wildman–Crippen MR) is 116 cm³/mol. The minimum absolute atomic E-state index is 0.0668. The van der Waals surface area contributed by atoms with Gasteiger partial charge in [-0.1, -0.05) is 31.5 Å². The van der Waals surface area contributed by atoms with Gasteiger partial charge in [0.1, 0.15) is 5.54 Å². The number of hydrogen-bond acceptors (Lipinski definition) is 6. The molecule has 2 aliphatic heterocycles. The van der Waals surface area contributed by atoms with Crippen molar-refractivity contribution in [3.63, 3.8) is 0 Å². The maximum absolute atomic E-state index is 12.6. The third-order valence-corrected chi connectivity index (χ3v) is 6.91. The molecule has 7 nitrogen and oxygen atoms in total. The summed E-state index contributed by atoms with van der Waals surface area (Å²) in [5.74, 6) is 3.86. The van der Waals surface area contributed by atoms with Crippen LogP contribution >= 0.6 is 11.8 Å². The zero-order valence-corrected chi connectivity index (χ0v) is 18.5. The molecule has 160 valence electrons. The van der Waals surface area contributed by atoms with Crippen LogP contribution in [0.1, 0.15) is 58.8 Å². The molecule has 1 amide bonds. The summed E-state index contributed by atoms with van der Waals surface area (Å²) in [6.45, 7) is 7.57. The predicted octanol–water partition coefficient (Wildman–Crippen LogP) is 2.85. The van der Waals surface area contributed by atoms with E-state index in [0.29, 0.717) is 12.8 Å². The molecule has 0 aliphatic carbocycles. The van der Waals surface area contributed by atoms with Crippen LogP contribution in [0.4, 0.5) is 5.95 Å². The first kappa shape index (κ1) is 22.0. The number of amides is 1. The van der Waals surface area contributed by atoms with E-state index in [2.05, 4.69) is 30.9 Å². The number of rotatable bonds is 9. The van der Waals surface area contributed by atoms with Gasteiger partial charge in [0.05, 0.1) is 18.4 Å². The number of thioether (sulfide) groups is 1. The summed E-state index contributed by atoms with van der Waals surface area (Å²) in [4.78, 5) is 14.9. The van der Waals surface area contributed by atoms with Crippen molar-refractivity contribution in [3.8, 4) is 12.3 Å². The number of ether oxygens (including phenoxy) is 1. The first-order valence-corrected chi connectivity index (χ1v) is 11.8. The van der Waals surface area contributed by atoms with E-state index in [4.69, 9.17) is 11.2 Å². The Bertz CT molecular complexity index is 713. The Morgan fingerprint density at radius 3 is 2.66 bits per heavy atom. The van der Waals surface area contributed by atoms with E-state index >= 15 is 0 Å². The Morgan fingerprint density at radius 1 is 1.28 bits per heavy atom. The Labute approximate surface area is 178 Å². The molecule has 0 saturated carbocycles. The molecule has 1 aromatic heterocycles. The van der Waals surface area contributed by atoms with E-state index in [9.17, 15) is 4.79 Å². The Morgan fingerprint density at radius 2 is 2.03 bits per heavy atom. The lowest BCUT2D eigenvalue weighted by atomic mass is 9.94. The fraction of sp³-hybridized carbons (Fsp3) is 0.762. The Hall–Kier alpha value is -1.72. The molecule has 0 radical (unpaired) electrons. The summed E-state index contributed by atoms with van der Waals surface area (Å²) in [7, 11) is 0. The highest BCUT2D eigenvalue weighted by atomic mass is 32.2. The van der Waals surface area contributed by atoms with E-state index in [0.717, 1.165) is 50.2 Å². The highest BCUT2D eigenvalue weighted by Gasteiger charge is 2.27. The van der Waals surface area contributed by atoms with Crippen molar-refractivity contribution in [2.24, 2.45) is 0 Å². The molecular formula is C21H33N5O2S. The second-order valence-corrected chi connectivity index (χ2v) is 8.79. The number of aromatic nitrogens is 3. The Kier molecular flexibility index (Phi) is 7.84. The van der Waals surface area contributed by atoms with Crippen molar-refractivity contribution < 1.29 is 9.53 Å². The fourth-order valence-corrected chi connectivity index (χ4v) is 4.71. The number of carbonyl (C=O) groups is 1. The van der Waals surface area contributed by atoms with E-state index in [1.807, 2.05) is 13.8 Å². The number of terminal acetylenes is 1. The van der Waals surface area contributed by atoms with E-state index < -0.39 is 5.54 Å². The number of hydrogen-bond donors (Lipinski definition) is 1. The molecule has 3 heterocycles. The van der Waals surface area contributed by atoms with Gasteiger partial charge in [0.25, 0.3) is 0 Å². The topological polar surface area (TPSA) is 72.3 Å². The SMILES string of the molecule is C#CC(CC)(CC)NC(=O)CSc1nnc(N2CCCCC2)n1C[C@@H]1CCCO1. The fourth-order valence-electron chi connectivity index (χ4n) is 3.97. The molecular weight excluding hydrogens is 386 g/mol. The number of anilines is 1. The second kappa shape index (κ2) is 10.4. The van der Waals surface area contributed by atoms with Gasteiger partial charge in [-0.25, -0.2) is 0 Å². The summed E-state index contributed by atoms with van der Waals surface area (Å²) >= 11 is 1.42. The van der Waals surface area contributed by atoms with Gasteiger partial charge in [-0.15, -0.1) is 16.6 Å². The summed E-state index contributed by atoms with van der Waals surface area (Å²) in [5, 5.41) is 12.7.